The zero-order valence-electron chi connectivity index (χ0n) is 12.2. The van der Waals surface area contributed by atoms with Crippen LogP contribution in [0.4, 0.5) is 4.79 Å². The molecule has 3 rings (SSSR count). The highest BCUT2D eigenvalue weighted by molar-refractivity contribution is 7.12. The fourth-order valence-corrected chi connectivity index (χ4v) is 2.94. The molecule has 2 amide bonds. The van der Waals surface area contributed by atoms with Crippen LogP contribution in [0.1, 0.15) is 17.3 Å². The molecule has 0 unspecified atom stereocenters. The summed E-state index contributed by atoms with van der Waals surface area (Å²) in [6.45, 7) is 4.13. The summed E-state index contributed by atoms with van der Waals surface area (Å²) in [6.07, 6.45) is -0.315. The molecule has 0 bridgehead atoms. The van der Waals surface area contributed by atoms with Gasteiger partial charge in [-0.1, -0.05) is 4.49 Å². The zero-order chi connectivity index (χ0) is 15.5. The van der Waals surface area contributed by atoms with Gasteiger partial charge in [0.2, 0.25) is 0 Å². The second-order valence-corrected chi connectivity index (χ2v) is 5.72. The van der Waals surface area contributed by atoms with E-state index in [9.17, 15) is 9.59 Å². The lowest BCUT2D eigenvalue weighted by Crippen LogP contribution is -2.50. The first-order chi connectivity index (χ1) is 10.7. The number of aromatic nitrogens is 2. The summed E-state index contributed by atoms with van der Waals surface area (Å²) in [4.78, 5) is 27.5. The molecule has 0 aliphatic carbocycles. The Labute approximate surface area is 131 Å². The normalized spacial score (nSPS) is 15.1. The van der Waals surface area contributed by atoms with Crippen LogP contribution in [0.5, 0.6) is 0 Å². The van der Waals surface area contributed by atoms with Crippen molar-refractivity contribution in [3.63, 3.8) is 0 Å². The molecule has 8 heteroatoms. The number of rotatable bonds is 2. The molecule has 1 aromatic carbocycles. The van der Waals surface area contributed by atoms with E-state index in [1.54, 1.807) is 28.9 Å². The van der Waals surface area contributed by atoms with Crippen molar-refractivity contribution in [3.8, 4) is 0 Å². The number of benzene rings is 1. The van der Waals surface area contributed by atoms with Gasteiger partial charge in [0.1, 0.15) is 5.52 Å². The van der Waals surface area contributed by atoms with Crippen molar-refractivity contribution in [2.75, 3.05) is 32.8 Å². The summed E-state index contributed by atoms with van der Waals surface area (Å²) in [5, 5.41) is 3.99. The van der Waals surface area contributed by atoms with Gasteiger partial charge in [-0.05, 0) is 36.7 Å². The highest BCUT2D eigenvalue weighted by atomic mass is 32.1. The van der Waals surface area contributed by atoms with E-state index in [0.717, 1.165) is 10.2 Å². The molecule has 0 radical (unpaired) electrons. The van der Waals surface area contributed by atoms with Gasteiger partial charge >= 0.3 is 6.09 Å². The number of carbonyl (C=O) groups is 2. The van der Waals surface area contributed by atoms with Gasteiger partial charge in [0.25, 0.3) is 5.91 Å². The van der Waals surface area contributed by atoms with Gasteiger partial charge in [-0.25, -0.2) is 4.79 Å². The van der Waals surface area contributed by atoms with Crippen LogP contribution < -0.4 is 0 Å². The van der Waals surface area contributed by atoms with Crippen molar-refractivity contribution < 1.29 is 14.3 Å². The van der Waals surface area contributed by atoms with Crippen LogP contribution in [-0.2, 0) is 4.74 Å². The molecule has 1 fully saturated rings. The van der Waals surface area contributed by atoms with E-state index in [1.165, 1.54) is 11.5 Å². The largest absolute Gasteiger partial charge is 0.450 e. The number of fused-ring (bicyclic) bond motifs is 1. The van der Waals surface area contributed by atoms with Crippen molar-refractivity contribution in [1.29, 1.82) is 0 Å². The quantitative estimate of drug-likeness (QED) is 0.840. The van der Waals surface area contributed by atoms with Crippen molar-refractivity contribution in [1.82, 2.24) is 19.4 Å². The minimum absolute atomic E-state index is 0.0431. The Balaban J connectivity index is 1.65. The highest BCUT2D eigenvalue weighted by Gasteiger charge is 2.25. The fraction of sp³-hybridized carbons (Fsp3) is 0.429. The molecule has 1 aromatic heterocycles. The summed E-state index contributed by atoms with van der Waals surface area (Å²) >= 11 is 1.31. The van der Waals surface area contributed by atoms with Crippen molar-refractivity contribution in [2.24, 2.45) is 0 Å². The van der Waals surface area contributed by atoms with Crippen LogP contribution in [0.25, 0.3) is 10.2 Å². The molecule has 1 aliphatic rings. The molecule has 0 spiro atoms. The molecule has 7 nitrogen and oxygen atoms in total. The number of piperazine rings is 1. The number of hydrogen-bond acceptors (Lipinski definition) is 6. The van der Waals surface area contributed by atoms with Gasteiger partial charge in [0, 0.05) is 31.7 Å². The lowest BCUT2D eigenvalue weighted by atomic mass is 10.1. The monoisotopic (exact) mass is 320 g/mol. The molecule has 1 saturated heterocycles. The SMILES string of the molecule is CCOC(=O)N1CCN(C(=O)c2ccc3snnc3c2)CC1. The predicted octanol–water partition coefficient (Wildman–Crippen LogP) is 1.61. The topological polar surface area (TPSA) is 75.6 Å². The van der Waals surface area contributed by atoms with Crippen LogP contribution in [0.2, 0.25) is 0 Å². The first kappa shape index (κ1) is 14.7. The van der Waals surface area contributed by atoms with E-state index in [0.29, 0.717) is 38.3 Å². The summed E-state index contributed by atoms with van der Waals surface area (Å²) in [6, 6.07) is 5.42. The Morgan fingerprint density at radius 1 is 1.23 bits per heavy atom. The molecule has 0 atom stereocenters. The Morgan fingerprint density at radius 2 is 1.95 bits per heavy atom. The Kier molecular flexibility index (Phi) is 4.19. The number of amides is 2. The third-order valence-electron chi connectivity index (χ3n) is 3.59. The number of hydrogen-bond donors (Lipinski definition) is 0. The van der Waals surface area contributed by atoms with E-state index in [2.05, 4.69) is 9.59 Å². The van der Waals surface area contributed by atoms with E-state index in [-0.39, 0.29) is 12.0 Å². The second-order valence-electron chi connectivity index (χ2n) is 4.93. The smallest absolute Gasteiger partial charge is 0.409 e. The van der Waals surface area contributed by atoms with Crippen molar-refractivity contribution in [2.45, 2.75) is 6.92 Å². The first-order valence-electron chi connectivity index (χ1n) is 7.12. The molecule has 0 saturated carbocycles. The van der Waals surface area contributed by atoms with E-state index in [4.69, 9.17) is 4.74 Å². The van der Waals surface area contributed by atoms with Crippen LogP contribution >= 0.6 is 11.5 Å². The number of nitrogens with zero attached hydrogens (tertiary/aromatic N) is 4. The molecule has 2 heterocycles. The van der Waals surface area contributed by atoms with Crippen molar-refractivity contribution >= 4 is 33.7 Å². The van der Waals surface area contributed by atoms with Gasteiger partial charge in [-0.15, -0.1) is 5.10 Å². The lowest BCUT2D eigenvalue weighted by molar-refractivity contribution is 0.0570. The number of ether oxygens (including phenoxy) is 1. The van der Waals surface area contributed by atoms with Gasteiger partial charge < -0.3 is 14.5 Å². The van der Waals surface area contributed by atoms with Crippen molar-refractivity contribution in [3.05, 3.63) is 23.8 Å². The molecule has 116 valence electrons. The summed E-state index contributed by atoms with van der Waals surface area (Å²) in [5.74, 6) is -0.0431. The lowest BCUT2D eigenvalue weighted by Gasteiger charge is -2.34. The van der Waals surface area contributed by atoms with Crippen LogP contribution in [-0.4, -0.2) is 64.2 Å². The average molecular weight is 320 g/mol. The van der Waals surface area contributed by atoms with E-state index in [1.807, 2.05) is 6.07 Å². The van der Waals surface area contributed by atoms with E-state index >= 15 is 0 Å². The Bertz CT molecular complexity index is 694. The Hall–Kier alpha value is -2.22. The van der Waals surface area contributed by atoms with Gasteiger partial charge in [-0.2, -0.15) is 0 Å². The second kappa shape index (κ2) is 6.27. The number of carbonyl (C=O) groups excluding carboxylic acids is 2. The minimum atomic E-state index is -0.315. The molecule has 0 N–H and O–H groups in total. The molecular weight excluding hydrogens is 304 g/mol. The molecule has 1 aliphatic heterocycles. The predicted molar refractivity (Wildman–Crippen MR) is 81.9 cm³/mol. The van der Waals surface area contributed by atoms with Crippen LogP contribution in [0, 0.1) is 0 Å². The third-order valence-corrected chi connectivity index (χ3v) is 4.29. The Morgan fingerprint density at radius 3 is 2.68 bits per heavy atom. The van der Waals surface area contributed by atoms with E-state index < -0.39 is 0 Å². The molecule has 2 aromatic rings. The molecule has 22 heavy (non-hydrogen) atoms. The maximum absolute atomic E-state index is 12.5. The standard InChI is InChI=1S/C14H16N4O3S/c1-2-21-14(20)18-7-5-17(6-8-18)13(19)10-3-4-12-11(9-10)15-16-22-12/h3-4,9H,2,5-8H2,1H3. The fourth-order valence-electron chi connectivity index (χ4n) is 2.40. The van der Waals surface area contributed by atoms with Crippen LogP contribution in [0.15, 0.2) is 18.2 Å². The maximum atomic E-state index is 12.5. The maximum Gasteiger partial charge on any atom is 0.409 e. The zero-order valence-corrected chi connectivity index (χ0v) is 13.0. The van der Waals surface area contributed by atoms with Gasteiger partial charge in [0.05, 0.1) is 11.3 Å². The average Bonchev–Trinajstić information content (AvgIpc) is 3.02. The van der Waals surface area contributed by atoms with Gasteiger partial charge in [0.15, 0.2) is 0 Å². The summed E-state index contributed by atoms with van der Waals surface area (Å²) in [5.41, 5.74) is 1.34. The summed E-state index contributed by atoms with van der Waals surface area (Å²) in [7, 11) is 0. The first-order valence-corrected chi connectivity index (χ1v) is 7.89. The molecular formula is C14H16N4O3S. The minimum Gasteiger partial charge on any atom is -0.450 e. The van der Waals surface area contributed by atoms with Crippen LogP contribution in [0.3, 0.4) is 0 Å². The highest BCUT2D eigenvalue weighted by Crippen LogP contribution is 2.18. The third kappa shape index (κ3) is 2.87. The summed E-state index contributed by atoms with van der Waals surface area (Å²) < 4.78 is 9.80. The van der Waals surface area contributed by atoms with Gasteiger partial charge in [-0.3, -0.25) is 4.79 Å².